The molecule has 1 amide bonds. The van der Waals surface area contributed by atoms with Crippen LogP contribution in [-0.4, -0.2) is 32.5 Å². The molecular weight excluding hydrogens is 316 g/mol. The van der Waals surface area contributed by atoms with E-state index in [0.717, 1.165) is 5.56 Å². The van der Waals surface area contributed by atoms with Crippen LogP contribution in [0.25, 0.3) is 0 Å². The molecule has 0 radical (unpaired) electrons. The lowest BCUT2D eigenvalue weighted by Gasteiger charge is -2.26. The average molecular weight is 335 g/mol. The number of aromatic nitrogens is 4. The second-order valence-corrected chi connectivity index (χ2v) is 6.08. The number of benzene rings is 1. The molecular formula is C16H19F2N5O. The van der Waals surface area contributed by atoms with Gasteiger partial charge in [0.1, 0.15) is 0 Å². The molecule has 0 aliphatic heterocycles. The summed E-state index contributed by atoms with van der Waals surface area (Å²) in [5, 5.41) is 14.1. The highest BCUT2D eigenvalue weighted by molar-refractivity contribution is 5.90. The quantitative estimate of drug-likeness (QED) is 0.912. The SMILES string of the molecule is O=C(Nc1nnnn1Cc1ccccc1)C1CCC(C(F)F)CC1. The van der Waals surface area contributed by atoms with E-state index in [9.17, 15) is 13.6 Å². The lowest BCUT2D eigenvalue weighted by Crippen LogP contribution is -2.30. The van der Waals surface area contributed by atoms with E-state index >= 15 is 0 Å². The Morgan fingerprint density at radius 1 is 1.21 bits per heavy atom. The Bertz CT molecular complexity index is 668. The maximum atomic E-state index is 12.7. The second kappa shape index (κ2) is 7.46. The molecule has 0 unspecified atom stereocenters. The van der Waals surface area contributed by atoms with Crippen LogP contribution in [0.15, 0.2) is 30.3 Å². The zero-order valence-corrected chi connectivity index (χ0v) is 13.1. The van der Waals surface area contributed by atoms with Crippen molar-refractivity contribution in [3.05, 3.63) is 35.9 Å². The molecule has 3 rings (SSSR count). The molecule has 1 saturated carbocycles. The number of amides is 1. The first-order valence-corrected chi connectivity index (χ1v) is 8.02. The molecule has 2 aromatic rings. The molecule has 1 aliphatic rings. The number of nitrogens with zero attached hydrogens (tertiary/aromatic N) is 4. The van der Waals surface area contributed by atoms with Gasteiger partial charge in [0.2, 0.25) is 18.3 Å². The molecule has 1 aromatic carbocycles. The van der Waals surface area contributed by atoms with Gasteiger partial charge >= 0.3 is 0 Å². The summed E-state index contributed by atoms with van der Waals surface area (Å²) in [6, 6.07) is 9.64. The average Bonchev–Trinajstić information content (AvgIpc) is 3.02. The van der Waals surface area contributed by atoms with E-state index in [1.165, 1.54) is 4.68 Å². The fraction of sp³-hybridized carbons (Fsp3) is 0.500. The lowest BCUT2D eigenvalue weighted by molar-refractivity contribution is -0.121. The van der Waals surface area contributed by atoms with Crippen LogP contribution in [0.1, 0.15) is 31.2 Å². The van der Waals surface area contributed by atoms with E-state index in [4.69, 9.17) is 0 Å². The summed E-state index contributed by atoms with van der Waals surface area (Å²) < 4.78 is 26.9. The Balaban J connectivity index is 1.59. The number of nitrogens with one attached hydrogen (secondary N) is 1. The third-order valence-electron chi connectivity index (χ3n) is 4.44. The lowest BCUT2D eigenvalue weighted by atomic mass is 9.82. The monoisotopic (exact) mass is 335 g/mol. The first-order chi connectivity index (χ1) is 11.6. The second-order valence-electron chi connectivity index (χ2n) is 6.08. The first-order valence-electron chi connectivity index (χ1n) is 8.02. The van der Waals surface area contributed by atoms with Gasteiger partial charge in [0.15, 0.2) is 0 Å². The molecule has 24 heavy (non-hydrogen) atoms. The fourth-order valence-electron chi connectivity index (χ4n) is 3.00. The van der Waals surface area contributed by atoms with Crippen LogP contribution in [-0.2, 0) is 11.3 Å². The summed E-state index contributed by atoms with van der Waals surface area (Å²) in [5.41, 5.74) is 1.01. The van der Waals surface area contributed by atoms with Gasteiger partial charge in [-0.25, -0.2) is 13.5 Å². The van der Waals surface area contributed by atoms with Gasteiger partial charge < -0.3 is 0 Å². The minimum atomic E-state index is -2.30. The molecule has 0 atom stereocenters. The molecule has 0 saturated heterocycles. The molecule has 0 bridgehead atoms. The van der Waals surface area contributed by atoms with Gasteiger partial charge in [-0.2, -0.15) is 0 Å². The highest BCUT2D eigenvalue weighted by Gasteiger charge is 2.31. The van der Waals surface area contributed by atoms with Crippen LogP contribution in [0, 0.1) is 11.8 Å². The zero-order chi connectivity index (χ0) is 16.9. The van der Waals surface area contributed by atoms with Crippen LogP contribution in [0.3, 0.4) is 0 Å². The van der Waals surface area contributed by atoms with Gasteiger partial charge in [-0.05, 0) is 41.7 Å². The highest BCUT2D eigenvalue weighted by atomic mass is 19.3. The number of anilines is 1. The number of alkyl halides is 2. The van der Waals surface area contributed by atoms with Crippen molar-refractivity contribution < 1.29 is 13.6 Å². The zero-order valence-electron chi connectivity index (χ0n) is 13.1. The molecule has 1 fully saturated rings. The van der Waals surface area contributed by atoms with Gasteiger partial charge in [0.25, 0.3) is 0 Å². The topological polar surface area (TPSA) is 72.7 Å². The third-order valence-corrected chi connectivity index (χ3v) is 4.44. The Hall–Kier alpha value is -2.38. The van der Waals surface area contributed by atoms with Crippen molar-refractivity contribution in [3.8, 4) is 0 Å². The molecule has 1 heterocycles. The molecule has 1 aliphatic carbocycles. The molecule has 8 heteroatoms. The van der Waals surface area contributed by atoms with Crippen molar-refractivity contribution in [2.24, 2.45) is 11.8 Å². The molecule has 1 N–H and O–H groups in total. The number of hydrogen-bond acceptors (Lipinski definition) is 4. The number of halogens is 2. The maximum Gasteiger partial charge on any atom is 0.249 e. The first kappa shape index (κ1) is 16.5. The molecule has 1 aromatic heterocycles. The van der Waals surface area contributed by atoms with Crippen LogP contribution in [0.4, 0.5) is 14.7 Å². The van der Waals surface area contributed by atoms with E-state index in [2.05, 4.69) is 20.8 Å². The number of carbonyl (C=O) groups excluding carboxylic acids is 1. The predicted octanol–water partition coefficient (Wildman–Crippen LogP) is 2.73. The smallest absolute Gasteiger partial charge is 0.249 e. The maximum absolute atomic E-state index is 12.7. The van der Waals surface area contributed by atoms with Crippen LogP contribution < -0.4 is 5.32 Å². The van der Waals surface area contributed by atoms with Gasteiger partial charge in [-0.1, -0.05) is 35.4 Å². The Labute approximate surface area is 138 Å². The highest BCUT2D eigenvalue weighted by Crippen LogP contribution is 2.33. The predicted molar refractivity (Wildman–Crippen MR) is 83.4 cm³/mol. The van der Waals surface area contributed by atoms with Crippen LogP contribution >= 0.6 is 0 Å². The standard InChI is InChI=1S/C16H19F2N5O/c17-14(18)12-6-8-13(9-7-12)15(24)19-16-20-21-22-23(16)10-11-4-2-1-3-5-11/h1-5,12-14H,6-10H2,(H,19,20,22,24). The Kier molecular flexibility index (Phi) is 5.12. The van der Waals surface area contributed by atoms with Crippen LogP contribution in [0.2, 0.25) is 0 Å². The summed E-state index contributed by atoms with van der Waals surface area (Å²) in [4.78, 5) is 12.3. The minimum absolute atomic E-state index is 0.202. The van der Waals surface area contributed by atoms with Gasteiger partial charge in [-0.15, -0.1) is 0 Å². The van der Waals surface area contributed by atoms with E-state index in [-0.39, 0.29) is 17.8 Å². The van der Waals surface area contributed by atoms with E-state index in [1.54, 1.807) is 0 Å². The van der Waals surface area contributed by atoms with E-state index < -0.39 is 12.3 Å². The Morgan fingerprint density at radius 2 is 1.92 bits per heavy atom. The normalized spacial score (nSPS) is 21.0. The Morgan fingerprint density at radius 3 is 2.58 bits per heavy atom. The van der Waals surface area contributed by atoms with Gasteiger partial charge in [0, 0.05) is 11.8 Å². The summed E-state index contributed by atoms with van der Waals surface area (Å²) in [6.07, 6.45) is -0.593. The van der Waals surface area contributed by atoms with Crippen LogP contribution in [0.5, 0.6) is 0 Å². The fourth-order valence-corrected chi connectivity index (χ4v) is 3.00. The van der Waals surface area contributed by atoms with E-state index in [1.807, 2.05) is 30.3 Å². The largest absolute Gasteiger partial charge is 0.293 e. The number of tetrazole rings is 1. The summed E-state index contributed by atoms with van der Waals surface area (Å²) in [5.74, 6) is -0.772. The van der Waals surface area contributed by atoms with Crippen molar-refractivity contribution in [2.75, 3.05) is 5.32 Å². The van der Waals surface area contributed by atoms with Crippen molar-refractivity contribution in [3.63, 3.8) is 0 Å². The summed E-state index contributed by atoms with van der Waals surface area (Å²) in [7, 11) is 0. The number of rotatable bonds is 5. The number of hydrogen-bond donors (Lipinski definition) is 1. The van der Waals surface area contributed by atoms with Gasteiger partial charge in [0.05, 0.1) is 6.54 Å². The molecule has 0 spiro atoms. The number of carbonyl (C=O) groups is 1. The van der Waals surface area contributed by atoms with Crippen molar-refractivity contribution in [1.29, 1.82) is 0 Å². The molecule has 128 valence electrons. The third kappa shape index (κ3) is 3.93. The van der Waals surface area contributed by atoms with Gasteiger partial charge in [-0.3, -0.25) is 10.1 Å². The van der Waals surface area contributed by atoms with Crippen molar-refractivity contribution >= 4 is 11.9 Å². The summed E-state index contributed by atoms with van der Waals surface area (Å²) in [6.45, 7) is 0.446. The van der Waals surface area contributed by atoms with E-state index in [0.29, 0.717) is 32.2 Å². The van der Waals surface area contributed by atoms with Crippen molar-refractivity contribution in [2.45, 2.75) is 38.7 Å². The molecule has 6 nitrogen and oxygen atoms in total. The minimum Gasteiger partial charge on any atom is -0.293 e. The van der Waals surface area contributed by atoms with Crippen molar-refractivity contribution in [1.82, 2.24) is 20.2 Å². The summed E-state index contributed by atoms with van der Waals surface area (Å²) >= 11 is 0.